The van der Waals surface area contributed by atoms with Crippen molar-refractivity contribution in [2.75, 3.05) is 7.11 Å². The number of nitro benzene ring substituents is 1. The molecule has 0 fully saturated rings. The summed E-state index contributed by atoms with van der Waals surface area (Å²) >= 11 is 4.54. The van der Waals surface area contributed by atoms with E-state index in [1.807, 2.05) is 0 Å². The first kappa shape index (κ1) is 19.9. The van der Waals surface area contributed by atoms with Gasteiger partial charge in [0.05, 0.1) is 21.4 Å². The van der Waals surface area contributed by atoms with Crippen molar-refractivity contribution in [2.45, 2.75) is 6.61 Å². The largest absolute Gasteiger partial charge is 0.493 e. The molecule has 2 N–H and O–H groups in total. The summed E-state index contributed by atoms with van der Waals surface area (Å²) in [6.45, 7) is 0.121. The summed E-state index contributed by atoms with van der Waals surface area (Å²) in [7, 11) is 1.50. The zero-order chi connectivity index (χ0) is 20.3. The second-order valence-corrected chi connectivity index (χ2v) is 7.53. The third-order valence-corrected chi connectivity index (χ3v) is 5.09. The number of amides is 1. The van der Waals surface area contributed by atoms with Gasteiger partial charge in [-0.25, -0.2) is 0 Å². The van der Waals surface area contributed by atoms with Gasteiger partial charge in [0, 0.05) is 12.1 Å². The Morgan fingerprint density at radius 3 is 2.79 bits per heavy atom. The number of nitro groups is 1. The van der Waals surface area contributed by atoms with Gasteiger partial charge in [-0.2, -0.15) is 4.99 Å². The zero-order valence-electron chi connectivity index (χ0n) is 14.5. The van der Waals surface area contributed by atoms with Crippen LogP contribution in [0.1, 0.15) is 11.1 Å². The summed E-state index contributed by atoms with van der Waals surface area (Å²) in [6, 6.07) is 9.68. The number of carbonyl (C=O) groups is 1. The van der Waals surface area contributed by atoms with Gasteiger partial charge in [-0.1, -0.05) is 12.1 Å². The Morgan fingerprint density at radius 2 is 2.14 bits per heavy atom. The van der Waals surface area contributed by atoms with E-state index in [2.05, 4.69) is 20.9 Å². The number of hydrogen-bond acceptors (Lipinski definition) is 7. The molecule has 0 atom stereocenters. The molecule has 28 heavy (non-hydrogen) atoms. The maximum Gasteiger partial charge on any atom is 0.286 e. The second-order valence-electron chi connectivity index (χ2n) is 5.62. The minimum Gasteiger partial charge on any atom is -0.493 e. The first-order chi connectivity index (χ1) is 13.4. The number of carbonyl (C=O) groups excluding carboxylic acids is 1. The summed E-state index contributed by atoms with van der Waals surface area (Å²) in [5.74, 6) is 0.497. The third kappa shape index (κ3) is 4.52. The van der Waals surface area contributed by atoms with Crippen LogP contribution in [0.25, 0.3) is 6.08 Å². The van der Waals surface area contributed by atoms with E-state index in [4.69, 9.17) is 15.2 Å². The van der Waals surface area contributed by atoms with Crippen LogP contribution in [0.15, 0.2) is 50.8 Å². The monoisotopic (exact) mass is 463 g/mol. The summed E-state index contributed by atoms with van der Waals surface area (Å²) in [5, 5.41) is 11.1. The molecule has 0 radical (unpaired) electrons. The molecule has 0 spiro atoms. The Hall–Kier alpha value is -2.85. The van der Waals surface area contributed by atoms with Crippen molar-refractivity contribution in [1.82, 2.24) is 0 Å². The molecule has 1 aliphatic rings. The lowest BCUT2D eigenvalue weighted by molar-refractivity contribution is -0.384. The normalized spacial score (nSPS) is 14.9. The number of methoxy groups -OCH3 is 1. The van der Waals surface area contributed by atoms with Crippen molar-refractivity contribution < 1.29 is 19.2 Å². The van der Waals surface area contributed by atoms with Crippen LogP contribution in [0.4, 0.5) is 5.69 Å². The molecule has 144 valence electrons. The number of nitrogens with two attached hydrogens (primary N) is 1. The third-order valence-electron chi connectivity index (χ3n) is 3.69. The predicted molar refractivity (Wildman–Crippen MR) is 110 cm³/mol. The number of halogens is 1. The van der Waals surface area contributed by atoms with Crippen LogP contribution < -0.4 is 15.2 Å². The highest BCUT2D eigenvalue weighted by molar-refractivity contribution is 9.10. The van der Waals surface area contributed by atoms with Crippen molar-refractivity contribution in [1.29, 1.82) is 0 Å². The van der Waals surface area contributed by atoms with Gasteiger partial charge in [0.1, 0.15) is 6.61 Å². The maximum atomic E-state index is 11.8. The number of rotatable bonds is 6. The van der Waals surface area contributed by atoms with E-state index in [1.54, 1.807) is 30.3 Å². The topological polar surface area (TPSA) is 117 Å². The van der Waals surface area contributed by atoms with E-state index in [9.17, 15) is 14.9 Å². The fourth-order valence-corrected chi connectivity index (χ4v) is 3.71. The van der Waals surface area contributed by atoms with Crippen LogP contribution in [0.3, 0.4) is 0 Å². The summed E-state index contributed by atoms with van der Waals surface area (Å²) in [5.41, 5.74) is 6.90. The Labute approximate surface area is 172 Å². The average Bonchev–Trinajstić information content (AvgIpc) is 2.97. The van der Waals surface area contributed by atoms with Gasteiger partial charge in [-0.15, -0.1) is 0 Å². The molecule has 1 amide bonds. The van der Waals surface area contributed by atoms with Gasteiger partial charge in [0.2, 0.25) is 0 Å². The molecule has 2 aromatic rings. The quantitative estimate of drug-likeness (QED) is 0.392. The fourth-order valence-electron chi connectivity index (χ4n) is 2.46. The Balaban J connectivity index is 1.82. The lowest BCUT2D eigenvalue weighted by atomic mass is 10.1. The van der Waals surface area contributed by atoms with Gasteiger partial charge in [-0.3, -0.25) is 14.9 Å². The lowest BCUT2D eigenvalue weighted by Gasteiger charge is -2.14. The van der Waals surface area contributed by atoms with E-state index in [0.29, 0.717) is 32.0 Å². The van der Waals surface area contributed by atoms with Gasteiger partial charge in [0.25, 0.3) is 11.6 Å². The molecule has 3 rings (SSSR count). The molecule has 0 saturated heterocycles. The molecular formula is C18H14BrN3O5S. The number of benzene rings is 2. The predicted octanol–water partition coefficient (Wildman–Crippen LogP) is 3.87. The number of amidine groups is 1. The highest BCUT2D eigenvalue weighted by Gasteiger charge is 2.20. The van der Waals surface area contributed by atoms with E-state index in [0.717, 1.165) is 11.8 Å². The molecule has 0 unspecified atom stereocenters. The van der Waals surface area contributed by atoms with Crippen LogP contribution in [0, 0.1) is 10.1 Å². The van der Waals surface area contributed by atoms with Crippen LogP contribution in [0.5, 0.6) is 11.5 Å². The fraction of sp³-hybridized carbons (Fsp3) is 0.111. The lowest BCUT2D eigenvalue weighted by Crippen LogP contribution is -2.01. The summed E-state index contributed by atoms with van der Waals surface area (Å²) in [4.78, 5) is 26.3. The van der Waals surface area contributed by atoms with Gasteiger partial charge in [0.15, 0.2) is 16.7 Å². The molecule has 1 aliphatic heterocycles. The molecule has 0 aliphatic carbocycles. The smallest absolute Gasteiger partial charge is 0.286 e. The standard InChI is InChI=1S/C18H14BrN3O5S/c1-26-14-7-11(8-15-17(23)21-18(20)28-15)6-13(19)16(14)27-9-10-3-2-4-12(5-10)22(24)25/h2-8H,9H2,1H3,(H2,20,21,23). The Morgan fingerprint density at radius 1 is 1.36 bits per heavy atom. The SMILES string of the molecule is COc1cc(C=C2SC(N)=NC2=O)cc(Br)c1OCc1cccc([N+](=O)[O-])c1. The number of thioether (sulfide) groups is 1. The Bertz CT molecular complexity index is 1020. The van der Waals surface area contributed by atoms with Gasteiger partial charge in [-0.05, 0) is 57.0 Å². The van der Waals surface area contributed by atoms with Crippen molar-refractivity contribution in [3.05, 3.63) is 67.0 Å². The number of hydrogen-bond donors (Lipinski definition) is 1. The highest BCUT2D eigenvalue weighted by Crippen LogP contribution is 2.38. The van der Waals surface area contributed by atoms with E-state index in [1.165, 1.54) is 19.2 Å². The van der Waals surface area contributed by atoms with E-state index >= 15 is 0 Å². The first-order valence-electron chi connectivity index (χ1n) is 7.89. The summed E-state index contributed by atoms with van der Waals surface area (Å²) in [6.07, 6.45) is 1.66. The van der Waals surface area contributed by atoms with E-state index in [-0.39, 0.29) is 23.4 Å². The molecule has 8 nitrogen and oxygen atoms in total. The molecule has 1 heterocycles. The van der Waals surface area contributed by atoms with Crippen molar-refractivity contribution in [2.24, 2.45) is 10.7 Å². The van der Waals surface area contributed by atoms with Crippen molar-refractivity contribution in [3.63, 3.8) is 0 Å². The number of aliphatic imine (C=N–C) groups is 1. The maximum absolute atomic E-state index is 11.8. The second kappa shape index (κ2) is 8.44. The average molecular weight is 464 g/mol. The van der Waals surface area contributed by atoms with Gasteiger partial charge >= 0.3 is 0 Å². The van der Waals surface area contributed by atoms with Crippen LogP contribution in [-0.4, -0.2) is 23.1 Å². The molecule has 2 aromatic carbocycles. The highest BCUT2D eigenvalue weighted by atomic mass is 79.9. The summed E-state index contributed by atoms with van der Waals surface area (Å²) < 4.78 is 11.8. The zero-order valence-corrected chi connectivity index (χ0v) is 17.0. The van der Waals surface area contributed by atoms with Crippen LogP contribution in [0.2, 0.25) is 0 Å². The molecule has 0 saturated carbocycles. The molecule has 0 bridgehead atoms. The van der Waals surface area contributed by atoms with Crippen molar-refractivity contribution in [3.8, 4) is 11.5 Å². The van der Waals surface area contributed by atoms with E-state index < -0.39 is 4.92 Å². The molecular weight excluding hydrogens is 450 g/mol. The minimum absolute atomic E-state index is 0.00525. The number of ether oxygens (including phenoxy) is 2. The first-order valence-corrected chi connectivity index (χ1v) is 9.50. The number of non-ortho nitro benzene ring substituents is 1. The Kier molecular flexibility index (Phi) is 6.00. The van der Waals surface area contributed by atoms with Crippen LogP contribution >= 0.6 is 27.7 Å². The van der Waals surface area contributed by atoms with Gasteiger partial charge < -0.3 is 15.2 Å². The minimum atomic E-state index is -0.457. The number of nitrogens with zero attached hydrogens (tertiary/aromatic N) is 2. The van der Waals surface area contributed by atoms with Crippen molar-refractivity contribution >= 4 is 50.5 Å². The molecule has 10 heteroatoms. The van der Waals surface area contributed by atoms with Crippen LogP contribution in [-0.2, 0) is 11.4 Å². The molecule has 0 aromatic heterocycles.